The second-order valence-electron chi connectivity index (χ2n) is 6.78. The highest BCUT2D eigenvalue weighted by atomic mass is 32.2. The number of rotatable bonds is 5. The second-order valence-corrected chi connectivity index (χ2v) is 7.77. The Morgan fingerprint density at radius 3 is 2.53 bits per heavy atom. The quantitative estimate of drug-likeness (QED) is 0.676. The molecule has 166 valence electrons. The van der Waals surface area contributed by atoms with Gasteiger partial charge in [0, 0.05) is 18.7 Å². The van der Waals surface area contributed by atoms with E-state index in [0.717, 1.165) is 40.9 Å². The lowest BCUT2D eigenvalue weighted by atomic mass is 10.1. The molecule has 0 spiro atoms. The molecule has 0 radical (unpaired) electrons. The smallest absolute Gasteiger partial charge is 0.416 e. The van der Waals surface area contributed by atoms with Crippen LogP contribution in [0.25, 0.3) is 6.08 Å². The Morgan fingerprint density at radius 1 is 1.09 bits per heavy atom. The van der Waals surface area contributed by atoms with E-state index in [2.05, 4.69) is 5.32 Å². The van der Waals surface area contributed by atoms with E-state index in [1.807, 2.05) is 0 Å². The van der Waals surface area contributed by atoms with Crippen molar-refractivity contribution in [3.8, 4) is 11.5 Å². The average molecular weight is 464 g/mol. The van der Waals surface area contributed by atoms with E-state index in [4.69, 9.17) is 9.47 Å². The number of nitrogens with one attached hydrogen (secondary N) is 1. The van der Waals surface area contributed by atoms with Crippen LogP contribution in [0.1, 0.15) is 21.5 Å². The van der Waals surface area contributed by atoms with E-state index in [9.17, 15) is 27.6 Å². The molecule has 7 nitrogen and oxygen atoms in total. The molecule has 2 aliphatic rings. The molecule has 2 aromatic rings. The van der Waals surface area contributed by atoms with Crippen LogP contribution in [-0.2, 0) is 11.0 Å². The Labute approximate surface area is 184 Å². The molecule has 4 rings (SSSR count). The topological polar surface area (TPSA) is 84.9 Å². The van der Waals surface area contributed by atoms with E-state index in [-0.39, 0.29) is 30.4 Å². The third-order valence-corrected chi connectivity index (χ3v) is 5.57. The van der Waals surface area contributed by atoms with Crippen LogP contribution in [0.15, 0.2) is 47.4 Å². The zero-order valence-corrected chi connectivity index (χ0v) is 17.1. The molecule has 2 aromatic carbocycles. The van der Waals surface area contributed by atoms with Gasteiger partial charge in [-0.25, -0.2) is 0 Å². The number of carbonyl (C=O) groups is 3. The summed E-state index contributed by atoms with van der Waals surface area (Å²) >= 11 is 0.776. The number of amides is 3. The number of carbonyl (C=O) groups excluding carboxylic acids is 3. The molecule has 0 unspecified atom stereocenters. The highest BCUT2D eigenvalue weighted by Gasteiger charge is 2.35. The number of thioether (sulfide) groups is 1. The third kappa shape index (κ3) is 4.57. The van der Waals surface area contributed by atoms with Gasteiger partial charge in [-0.1, -0.05) is 6.07 Å². The minimum atomic E-state index is -4.49. The van der Waals surface area contributed by atoms with Gasteiger partial charge in [-0.05, 0) is 59.8 Å². The van der Waals surface area contributed by atoms with Crippen LogP contribution in [0.4, 0.5) is 18.0 Å². The first kappa shape index (κ1) is 21.8. The number of imide groups is 1. The van der Waals surface area contributed by atoms with Gasteiger partial charge in [0.15, 0.2) is 11.5 Å². The summed E-state index contributed by atoms with van der Waals surface area (Å²) in [5.74, 6) is 0.0334. The highest BCUT2D eigenvalue weighted by molar-refractivity contribution is 8.18. The Morgan fingerprint density at radius 2 is 1.81 bits per heavy atom. The Kier molecular flexibility index (Phi) is 5.83. The highest BCUT2D eigenvalue weighted by Crippen LogP contribution is 2.36. The van der Waals surface area contributed by atoms with E-state index in [1.165, 1.54) is 0 Å². The van der Waals surface area contributed by atoms with Crippen LogP contribution >= 0.6 is 11.8 Å². The number of nitrogens with zero attached hydrogens (tertiary/aromatic N) is 1. The molecule has 32 heavy (non-hydrogen) atoms. The fourth-order valence-electron chi connectivity index (χ4n) is 3.04. The summed E-state index contributed by atoms with van der Waals surface area (Å²) < 4.78 is 48.4. The van der Waals surface area contributed by atoms with Gasteiger partial charge in [-0.2, -0.15) is 13.2 Å². The van der Waals surface area contributed by atoms with Gasteiger partial charge in [0.25, 0.3) is 17.1 Å². The van der Waals surface area contributed by atoms with Crippen molar-refractivity contribution in [2.24, 2.45) is 0 Å². The maximum absolute atomic E-state index is 12.6. The number of benzene rings is 2. The molecule has 2 heterocycles. The average Bonchev–Trinajstić information content (AvgIpc) is 3.32. The summed E-state index contributed by atoms with van der Waals surface area (Å²) in [6.07, 6.45) is -2.93. The number of halogens is 3. The molecule has 0 atom stereocenters. The molecule has 11 heteroatoms. The lowest BCUT2D eigenvalue weighted by molar-refractivity contribution is -0.137. The van der Waals surface area contributed by atoms with Crippen molar-refractivity contribution in [1.29, 1.82) is 0 Å². The van der Waals surface area contributed by atoms with Gasteiger partial charge in [-0.15, -0.1) is 0 Å². The molecule has 0 aliphatic carbocycles. The van der Waals surface area contributed by atoms with E-state index in [0.29, 0.717) is 17.1 Å². The lowest BCUT2D eigenvalue weighted by Crippen LogP contribution is -2.37. The third-order valence-electron chi connectivity index (χ3n) is 4.66. The predicted molar refractivity (Wildman–Crippen MR) is 109 cm³/mol. The minimum absolute atomic E-state index is 0.0369. The van der Waals surface area contributed by atoms with Crippen molar-refractivity contribution in [2.75, 3.05) is 19.9 Å². The van der Waals surface area contributed by atoms with Crippen LogP contribution < -0.4 is 14.8 Å². The zero-order valence-electron chi connectivity index (χ0n) is 16.3. The fraction of sp³-hybridized carbons (Fsp3) is 0.190. The predicted octanol–water partition coefficient (Wildman–Crippen LogP) is 3.90. The number of hydrogen-bond acceptors (Lipinski definition) is 6. The van der Waals surface area contributed by atoms with Crippen LogP contribution in [0.3, 0.4) is 0 Å². The molecule has 1 N–H and O–H groups in total. The van der Waals surface area contributed by atoms with Crippen molar-refractivity contribution in [1.82, 2.24) is 10.2 Å². The van der Waals surface area contributed by atoms with Crippen molar-refractivity contribution >= 4 is 34.9 Å². The summed E-state index contributed by atoms with van der Waals surface area (Å²) in [6.45, 7) is -0.00177. The fourth-order valence-corrected chi connectivity index (χ4v) is 3.91. The molecular formula is C21H15F3N2O5S. The number of alkyl halides is 3. The van der Waals surface area contributed by atoms with E-state index >= 15 is 0 Å². The van der Waals surface area contributed by atoms with Gasteiger partial charge in [0.05, 0.1) is 10.5 Å². The van der Waals surface area contributed by atoms with Crippen molar-refractivity contribution in [3.05, 3.63) is 64.1 Å². The maximum Gasteiger partial charge on any atom is 0.416 e. The molecule has 1 fully saturated rings. The van der Waals surface area contributed by atoms with Crippen LogP contribution in [-0.4, -0.2) is 41.8 Å². The van der Waals surface area contributed by atoms with Crippen molar-refractivity contribution in [2.45, 2.75) is 6.18 Å². The Bertz CT molecular complexity index is 1120. The summed E-state index contributed by atoms with van der Waals surface area (Å²) in [6, 6.07) is 8.87. The normalized spacial score (nSPS) is 16.7. The first-order chi connectivity index (χ1) is 15.2. The molecule has 3 amide bonds. The minimum Gasteiger partial charge on any atom is -0.454 e. The largest absolute Gasteiger partial charge is 0.454 e. The Hall–Kier alpha value is -3.47. The SMILES string of the molecule is O=C(NCCN1C(=O)S/C(=C\c2ccc3c(c2)OCO3)C1=O)c1ccc(C(F)(F)F)cc1. The molecule has 2 aliphatic heterocycles. The van der Waals surface area contributed by atoms with Crippen molar-refractivity contribution in [3.63, 3.8) is 0 Å². The lowest BCUT2D eigenvalue weighted by Gasteiger charge is -2.13. The van der Waals surface area contributed by atoms with Crippen molar-refractivity contribution < 1.29 is 37.0 Å². The van der Waals surface area contributed by atoms with Gasteiger partial charge in [0.1, 0.15) is 0 Å². The molecule has 1 saturated heterocycles. The van der Waals surface area contributed by atoms with Crippen LogP contribution in [0, 0.1) is 0 Å². The van der Waals surface area contributed by atoms with Crippen LogP contribution in [0.5, 0.6) is 11.5 Å². The van der Waals surface area contributed by atoms with Gasteiger partial charge in [-0.3, -0.25) is 19.3 Å². The molecular weight excluding hydrogens is 449 g/mol. The summed E-state index contributed by atoms with van der Waals surface area (Å²) in [7, 11) is 0. The number of hydrogen-bond donors (Lipinski definition) is 1. The summed E-state index contributed by atoms with van der Waals surface area (Å²) in [5.41, 5.74) is -0.161. The second kappa shape index (κ2) is 8.58. The maximum atomic E-state index is 12.6. The number of fused-ring (bicyclic) bond motifs is 1. The molecule has 0 saturated carbocycles. The van der Waals surface area contributed by atoms with Gasteiger partial charge in [0.2, 0.25) is 6.79 Å². The summed E-state index contributed by atoms with van der Waals surface area (Å²) in [5, 5.41) is 2.01. The monoisotopic (exact) mass is 464 g/mol. The first-order valence-corrected chi connectivity index (χ1v) is 10.1. The molecule has 0 aromatic heterocycles. The van der Waals surface area contributed by atoms with Gasteiger partial charge < -0.3 is 14.8 Å². The van der Waals surface area contributed by atoms with E-state index < -0.39 is 28.8 Å². The standard InChI is InChI=1S/C21H15F3N2O5S/c22-21(23,24)14-4-2-13(3-5-14)18(27)25-7-8-26-19(28)17(32-20(26)29)10-12-1-6-15-16(9-12)31-11-30-15/h1-6,9-10H,7-8,11H2,(H,25,27)/b17-10-. The van der Waals surface area contributed by atoms with Gasteiger partial charge >= 0.3 is 6.18 Å². The zero-order chi connectivity index (χ0) is 22.9. The van der Waals surface area contributed by atoms with Crippen LogP contribution in [0.2, 0.25) is 0 Å². The first-order valence-electron chi connectivity index (χ1n) is 9.33. The summed E-state index contributed by atoms with van der Waals surface area (Å²) in [4.78, 5) is 38.1. The molecule has 0 bridgehead atoms. The van der Waals surface area contributed by atoms with E-state index in [1.54, 1.807) is 24.3 Å². The number of ether oxygens (including phenoxy) is 2. The Balaban J connectivity index is 1.34.